The van der Waals surface area contributed by atoms with E-state index in [0.717, 1.165) is 44.5 Å². The van der Waals surface area contributed by atoms with E-state index in [0.29, 0.717) is 79.6 Å². The van der Waals surface area contributed by atoms with Crippen LogP contribution in [0.3, 0.4) is 0 Å². The van der Waals surface area contributed by atoms with Crippen molar-refractivity contribution in [1.29, 1.82) is 0 Å². The number of hydrogen-bond donors (Lipinski definition) is 11. The Morgan fingerprint density at radius 1 is 0.241 bits per heavy atom. The van der Waals surface area contributed by atoms with Crippen LogP contribution in [0.5, 0.6) is 0 Å². The summed E-state index contributed by atoms with van der Waals surface area (Å²) in [5.74, 6) is -18.6. The zero-order chi connectivity index (χ0) is 77.7. The molecule has 4 aromatic heterocycles. The normalized spacial score (nSPS) is 11.9. The van der Waals surface area contributed by atoms with Gasteiger partial charge in [-0.15, -0.1) is 0 Å². The molecule has 0 aliphatic carbocycles. The van der Waals surface area contributed by atoms with Gasteiger partial charge in [-0.2, -0.15) is 0 Å². The molecule has 0 saturated heterocycles. The van der Waals surface area contributed by atoms with Gasteiger partial charge in [0.25, 0.3) is 0 Å². The predicted molar refractivity (Wildman–Crippen MR) is 431 cm³/mol. The minimum Gasteiger partial charge on any atom is -0.354 e. The van der Waals surface area contributed by atoms with Gasteiger partial charge in [0.1, 0.15) is 34.2 Å². The second-order valence-electron chi connectivity index (χ2n) is 28.2. The average Bonchev–Trinajstić information content (AvgIpc) is 1.51. The number of anilines is 15. The summed E-state index contributed by atoms with van der Waals surface area (Å²) in [6.45, 7) is 15.6. The molecule has 0 fully saturated rings. The Labute approximate surface area is 634 Å². The van der Waals surface area contributed by atoms with Crippen LogP contribution in [0.25, 0.3) is 43.1 Å². The van der Waals surface area contributed by atoms with Gasteiger partial charge in [0.2, 0.25) is 0 Å². The summed E-state index contributed by atoms with van der Waals surface area (Å²) >= 11 is 0. The number of fused-ring (bicyclic) bond motifs is 20. The number of hydrogen-bond acceptors (Lipinski definition) is 12. The van der Waals surface area contributed by atoms with E-state index in [1.165, 1.54) is 4.68 Å². The molecular formula is C88H68F8N16. The molecule has 0 atom stereocenters. The van der Waals surface area contributed by atoms with Crippen molar-refractivity contribution in [2.45, 2.75) is 55.4 Å². The van der Waals surface area contributed by atoms with Gasteiger partial charge in [-0.1, -0.05) is 142 Å². The quantitative estimate of drug-likeness (QED) is 0.0255. The lowest BCUT2D eigenvalue weighted by Crippen LogP contribution is -2.33. The predicted octanol–water partition coefficient (Wildman–Crippen LogP) is 22.9. The number of aromatic nitrogens is 4. The number of nitrogens with zero attached hydrogens (tertiary/aromatic N) is 5. The Morgan fingerprint density at radius 2 is 0.500 bits per heavy atom. The van der Waals surface area contributed by atoms with E-state index in [-0.39, 0.29) is 49.8 Å². The van der Waals surface area contributed by atoms with Gasteiger partial charge in [-0.3, -0.25) is 5.43 Å². The smallest absolute Gasteiger partial charge is 0.198 e. The molecule has 556 valence electrons. The maximum atomic E-state index is 17.7. The number of H-pyrrole nitrogens is 3. The topological polar surface area (TPSA) is 198 Å². The molecule has 0 unspecified atom stereocenters. The van der Waals surface area contributed by atoms with Crippen LogP contribution in [-0.2, 0) is 0 Å². The molecule has 1 aliphatic heterocycles. The standard InChI is InChI=1S/C88H68F8N16/c1-42-9-25-50(26-10-42)97-59-41-58-60(76(99-52-29-13-44(3)14-30-52)75(59)98-51-27-11-43(2)12-28-51)82-104-81(58)105-83-61-62(68(90)72(94)71(93)67(61)89)84(106-83)107-85-63-64(70(92)74(96)73(95)69(63)91)86(108-85)110-88-66-65(87(109-82)112(88)111-57-39-23-49(8)24-40-57)77(100-53-31-15-45(4)16-32-53)79(102-55-35-19-47(6)20-36-55)80(103-56-37-21-48(7)22-38-56)78(66)101-54-33-17-46(5)18-34-54/h9-41,97-103,111H,1-8H3,(H3,104,105,106,107,108,109,110). The first-order valence-corrected chi connectivity index (χ1v) is 35.9. The fourth-order valence-electron chi connectivity index (χ4n) is 13.9. The molecule has 8 bridgehead atoms. The fourth-order valence-corrected chi connectivity index (χ4v) is 13.9. The highest BCUT2D eigenvalue weighted by Crippen LogP contribution is 2.52. The van der Waals surface area contributed by atoms with Crippen molar-refractivity contribution < 1.29 is 35.1 Å². The minimum atomic E-state index is -2.28. The number of aromatic amines is 3. The van der Waals surface area contributed by atoms with Crippen LogP contribution in [0.15, 0.2) is 220 Å². The Hall–Kier alpha value is -14.2. The van der Waals surface area contributed by atoms with E-state index < -0.39 is 90.7 Å². The van der Waals surface area contributed by atoms with Crippen LogP contribution in [0.4, 0.5) is 144 Å². The second kappa shape index (κ2) is 28.1. The van der Waals surface area contributed by atoms with Gasteiger partial charge < -0.3 is 52.2 Å². The summed E-state index contributed by atoms with van der Waals surface area (Å²) in [5, 5.41) is 23.1. The summed E-state index contributed by atoms with van der Waals surface area (Å²) < 4.78 is 136. The SMILES string of the molecule is Cc1ccc(Nc2cc3c4[nH]c(c3c(Nc3ccc(C)cc3)c2Nc2ccc(C)cc2)N=c2c3c(Nc5ccc(C)cc5)c(Nc5ccc(C)cc5)c(Nc5ccc(C)cc5)c(Nc5ccc(C)cc5)c3c(n2Nc2ccc(C)cc2)=Nc2[nH]c(c3c(F)c(F)c(F)c(F)c23)N=c2[nH]c(c3c(F)c(F)c(F)c(F)c23)=N4)cc1. The summed E-state index contributed by atoms with van der Waals surface area (Å²) in [6.07, 6.45) is 0. The monoisotopic (exact) mass is 1500 g/mol. The number of nitrogens with one attached hydrogen (secondary N) is 11. The van der Waals surface area contributed by atoms with Crippen molar-refractivity contribution in [2.75, 3.05) is 42.6 Å². The van der Waals surface area contributed by atoms with Crippen LogP contribution in [0, 0.1) is 102 Å². The first kappa shape index (κ1) is 70.8. The number of benzene rings is 12. The lowest BCUT2D eigenvalue weighted by Gasteiger charge is -2.24. The Balaban J connectivity index is 1.17. The van der Waals surface area contributed by atoms with E-state index >= 15 is 35.1 Å². The molecule has 1 aliphatic rings. The number of aryl methyl sites for hydroxylation is 8. The second-order valence-corrected chi connectivity index (χ2v) is 28.2. The van der Waals surface area contributed by atoms with Gasteiger partial charge in [-0.25, -0.2) is 59.8 Å². The zero-order valence-electron chi connectivity index (χ0n) is 61.3. The maximum Gasteiger partial charge on any atom is 0.198 e. The van der Waals surface area contributed by atoms with Crippen LogP contribution >= 0.6 is 0 Å². The largest absolute Gasteiger partial charge is 0.354 e. The summed E-state index contributed by atoms with van der Waals surface area (Å²) in [4.78, 5) is 29.9. The van der Waals surface area contributed by atoms with Crippen molar-refractivity contribution in [1.82, 2.24) is 19.6 Å². The van der Waals surface area contributed by atoms with Gasteiger partial charge >= 0.3 is 0 Å². The lowest BCUT2D eigenvalue weighted by atomic mass is 10.0. The van der Waals surface area contributed by atoms with Gasteiger partial charge in [0.05, 0.1) is 83.2 Å². The van der Waals surface area contributed by atoms with Crippen LogP contribution in [0.2, 0.25) is 0 Å². The minimum absolute atomic E-state index is 0.0191. The highest BCUT2D eigenvalue weighted by atomic mass is 19.2. The third-order valence-corrected chi connectivity index (χ3v) is 19.8. The molecule has 16 nitrogen and oxygen atoms in total. The molecule has 16 aromatic rings. The molecule has 0 spiro atoms. The fraction of sp³-hybridized carbons (Fsp3) is 0.0909. The first-order valence-electron chi connectivity index (χ1n) is 35.9. The van der Waals surface area contributed by atoms with Crippen LogP contribution in [-0.4, -0.2) is 19.6 Å². The van der Waals surface area contributed by atoms with Crippen molar-refractivity contribution in [2.24, 2.45) is 20.0 Å². The molecule has 17 rings (SSSR count). The molecule has 112 heavy (non-hydrogen) atoms. The summed E-state index contributed by atoms with van der Waals surface area (Å²) in [7, 11) is 0. The molecule has 0 saturated carbocycles. The van der Waals surface area contributed by atoms with Crippen molar-refractivity contribution in [3.8, 4) is 0 Å². The Kier molecular flexibility index (Phi) is 17.8. The average molecular weight is 1500 g/mol. The van der Waals surface area contributed by atoms with E-state index in [4.69, 9.17) is 15.0 Å². The highest BCUT2D eigenvalue weighted by Gasteiger charge is 2.34. The molecule has 12 aromatic carbocycles. The summed E-state index contributed by atoms with van der Waals surface area (Å²) in [5.41, 5.74) is 16.4. The van der Waals surface area contributed by atoms with E-state index in [2.05, 4.69) is 62.6 Å². The highest BCUT2D eigenvalue weighted by molar-refractivity contribution is 6.19. The van der Waals surface area contributed by atoms with Crippen molar-refractivity contribution >= 4 is 152 Å². The lowest BCUT2D eigenvalue weighted by molar-refractivity contribution is 0.418. The Bertz CT molecular complexity index is 6760. The van der Waals surface area contributed by atoms with E-state index in [9.17, 15) is 0 Å². The Morgan fingerprint density at radius 3 is 0.848 bits per heavy atom. The van der Waals surface area contributed by atoms with Gasteiger partial charge in [-0.05, 0) is 159 Å². The maximum absolute atomic E-state index is 17.7. The number of halogens is 8. The van der Waals surface area contributed by atoms with Gasteiger partial charge in [0, 0.05) is 45.2 Å². The summed E-state index contributed by atoms with van der Waals surface area (Å²) in [6, 6.07) is 62.9. The van der Waals surface area contributed by atoms with Crippen LogP contribution < -0.4 is 64.6 Å². The van der Waals surface area contributed by atoms with Crippen LogP contribution in [0.1, 0.15) is 44.5 Å². The number of rotatable bonds is 16. The first-order chi connectivity index (χ1) is 54.0. The molecule has 5 heterocycles. The van der Waals surface area contributed by atoms with E-state index in [1.54, 1.807) is 18.2 Å². The molecule has 0 amide bonds. The zero-order valence-corrected chi connectivity index (χ0v) is 61.3. The third kappa shape index (κ3) is 13.0. The van der Waals surface area contributed by atoms with Gasteiger partial charge in [0.15, 0.2) is 57.5 Å². The molecule has 11 N–H and O–H groups in total. The van der Waals surface area contributed by atoms with Crippen molar-refractivity contribution in [3.63, 3.8) is 0 Å². The molecular weight excluding hydrogens is 1430 g/mol. The van der Waals surface area contributed by atoms with E-state index in [1.807, 2.05) is 237 Å². The third-order valence-electron chi connectivity index (χ3n) is 19.8. The van der Waals surface area contributed by atoms with Crippen molar-refractivity contribution in [3.05, 3.63) is 313 Å². The molecule has 24 heteroatoms. The molecule has 0 radical (unpaired) electrons.